The molecular weight excluding hydrogens is 154 g/mol. The molecule has 0 bridgehead atoms. The molecule has 0 amide bonds. The van der Waals surface area contributed by atoms with Crippen LogP contribution in [-0.2, 0) is 6.42 Å². The summed E-state index contributed by atoms with van der Waals surface area (Å²) in [5.41, 5.74) is 1.99. The third-order valence-corrected chi connectivity index (χ3v) is 1.76. The Morgan fingerprint density at radius 1 is 1.67 bits per heavy atom. The number of aromatic carboxylic acids is 1. The van der Waals surface area contributed by atoms with Gasteiger partial charge in [0, 0.05) is 11.9 Å². The lowest BCUT2D eigenvalue weighted by molar-refractivity contribution is 0.0695. The third-order valence-electron chi connectivity index (χ3n) is 1.76. The van der Waals surface area contributed by atoms with Gasteiger partial charge in [0.05, 0.1) is 5.56 Å². The maximum Gasteiger partial charge on any atom is 0.337 e. The van der Waals surface area contributed by atoms with Crippen molar-refractivity contribution in [1.29, 1.82) is 0 Å². The molecule has 0 atom stereocenters. The Hall–Kier alpha value is -1.38. The highest BCUT2D eigenvalue weighted by molar-refractivity contribution is 5.88. The van der Waals surface area contributed by atoms with Crippen molar-refractivity contribution in [3.8, 4) is 0 Å². The van der Waals surface area contributed by atoms with Crippen LogP contribution in [0.25, 0.3) is 0 Å². The normalized spacial score (nSPS) is 9.83. The summed E-state index contributed by atoms with van der Waals surface area (Å²) in [4.78, 5) is 14.6. The second-order valence-electron chi connectivity index (χ2n) is 2.65. The predicted molar refractivity (Wildman–Crippen MR) is 45.3 cm³/mol. The van der Waals surface area contributed by atoms with Gasteiger partial charge in [-0.3, -0.25) is 4.98 Å². The van der Waals surface area contributed by atoms with Crippen LogP contribution >= 0.6 is 0 Å². The number of carbonyl (C=O) groups is 1. The van der Waals surface area contributed by atoms with E-state index in [9.17, 15) is 4.79 Å². The zero-order valence-corrected chi connectivity index (χ0v) is 7.16. The van der Waals surface area contributed by atoms with Gasteiger partial charge in [-0.2, -0.15) is 0 Å². The first-order valence-corrected chi connectivity index (χ1v) is 3.84. The van der Waals surface area contributed by atoms with Crippen molar-refractivity contribution in [1.82, 2.24) is 4.98 Å². The van der Waals surface area contributed by atoms with E-state index in [1.54, 1.807) is 6.92 Å². The van der Waals surface area contributed by atoms with Crippen molar-refractivity contribution in [2.45, 2.75) is 20.3 Å². The molecule has 0 radical (unpaired) electrons. The lowest BCUT2D eigenvalue weighted by Crippen LogP contribution is -2.02. The number of aryl methyl sites for hydroxylation is 2. The van der Waals surface area contributed by atoms with Gasteiger partial charge in [0.2, 0.25) is 0 Å². The lowest BCUT2D eigenvalue weighted by atomic mass is 10.1. The van der Waals surface area contributed by atoms with Crippen LogP contribution in [0.3, 0.4) is 0 Å². The van der Waals surface area contributed by atoms with E-state index < -0.39 is 5.97 Å². The van der Waals surface area contributed by atoms with E-state index in [-0.39, 0.29) is 5.56 Å². The largest absolute Gasteiger partial charge is 0.478 e. The minimum absolute atomic E-state index is 0.284. The number of hydrogen-bond acceptors (Lipinski definition) is 2. The summed E-state index contributed by atoms with van der Waals surface area (Å²) in [5, 5.41) is 8.69. The van der Waals surface area contributed by atoms with E-state index >= 15 is 0 Å². The Morgan fingerprint density at radius 3 is 2.75 bits per heavy atom. The first kappa shape index (κ1) is 8.71. The van der Waals surface area contributed by atoms with E-state index in [0.29, 0.717) is 0 Å². The van der Waals surface area contributed by atoms with E-state index in [2.05, 4.69) is 4.98 Å². The monoisotopic (exact) mass is 165 g/mol. The topological polar surface area (TPSA) is 50.2 Å². The Balaban J connectivity index is 3.12. The van der Waals surface area contributed by atoms with Gasteiger partial charge in [-0.25, -0.2) is 4.79 Å². The quantitative estimate of drug-likeness (QED) is 0.724. The van der Waals surface area contributed by atoms with E-state index in [0.717, 1.165) is 17.7 Å². The molecule has 0 unspecified atom stereocenters. The van der Waals surface area contributed by atoms with Crippen molar-refractivity contribution in [2.24, 2.45) is 0 Å². The molecule has 12 heavy (non-hydrogen) atoms. The van der Waals surface area contributed by atoms with Crippen molar-refractivity contribution >= 4 is 5.97 Å². The second-order valence-corrected chi connectivity index (χ2v) is 2.65. The second kappa shape index (κ2) is 3.34. The van der Waals surface area contributed by atoms with Gasteiger partial charge in [0.1, 0.15) is 0 Å². The Morgan fingerprint density at radius 2 is 2.33 bits per heavy atom. The predicted octanol–water partition coefficient (Wildman–Crippen LogP) is 1.65. The van der Waals surface area contributed by atoms with E-state index in [4.69, 9.17) is 5.11 Å². The molecule has 64 valence electrons. The fourth-order valence-corrected chi connectivity index (χ4v) is 1.03. The highest BCUT2D eigenvalue weighted by atomic mass is 16.4. The third kappa shape index (κ3) is 1.61. The number of carboxylic acid groups (broad SMARTS) is 1. The van der Waals surface area contributed by atoms with Gasteiger partial charge in [0.15, 0.2) is 0 Å². The molecule has 0 saturated heterocycles. The van der Waals surface area contributed by atoms with Gasteiger partial charge in [0.25, 0.3) is 0 Å². The molecule has 1 rings (SSSR count). The Labute approximate surface area is 71.1 Å². The molecule has 3 heteroatoms. The average molecular weight is 165 g/mol. The molecule has 1 N–H and O–H groups in total. The first-order valence-electron chi connectivity index (χ1n) is 3.84. The number of rotatable bonds is 2. The van der Waals surface area contributed by atoms with E-state index in [1.165, 1.54) is 6.20 Å². The number of pyridine rings is 1. The summed E-state index contributed by atoms with van der Waals surface area (Å²) >= 11 is 0. The molecule has 0 fully saturated rings. The van der Waals surface area contributed by atoms with Crippen molar-refractivity contribution in [3.63, 3.8) is 0 Å². The number of hydrogen-bond donors (Lipinski definition) is 1. The van der Waals surface area contributed by atoms with Crippen molar-refractivity contribution < 1.29 is 9.90 Å². The fourth-order valence-electron chi connectivity index (χ4n) is 1.03. The number of aromatic nitrogens is 1. The molecule has 0 aliphatic carbocycles. The fraction of sp³-hybridized carbons (Fsp3) is 0.333. The summed E-state index contributed by atoms with van der Waals surface area (Å²) in [5.74, 6) is -0.914. The van der Waals surface area contributed by atoms with Crippen LogP contribution in [0.4, 0.5) is 0 Å². The highest BCUT2D eigenvalue weighted by Gasteiger charge is 2.06. The lowest BCUT2D eigenvalue weighted by Gasteiger charge is -2.01. The van der Waals surface area contributed by atoms with Crippen LogP contribution < -0.4 is 0 Å². The number of nitrogens with zero attached hydrogens (tertiary/aromatic N) is 1. The molecule has 0 saturated carbocycles. The van der Waals surface area contributed by atoms with Gasteiger partial charge >= 0.3 is 5.97 Å². The van der Waals surface area contributed by atoms with Crippen LogP contribution in [0.5, 0.6) is 0 Å². The molecule has 3 nitrogen and oxygen atoms in total. The van der Waals surface area contributed by atoms with Gasteiger partial charge in [-0.05, 0) is 25.0 Å². The standard InChI is InChI=1S/C9H11NO2/c1-3-7-4-6(2)8(5-10-7)9(11)12/h4-5H,3H2,1-2H3,(H,11,12). The van der Waals surface area contributed by atoms with Crippen LogP contribution in [0.1, 0.15) is 28.5 Å². The molecule has 0 aliphatic heterocycles. The summed E-state index contributed by atoms with van der Waals surface area (Å²) in [7, 11) is 0. The molecule has 1 aromatic heterocycles. The first-order chi connectivity index (χ1) is 5.65. The minimum atomic E-state index is -0.914. The zero-order valence-electron chi connectivity index (χ0n) is 7.16. The van der Waals surface area contributed by atoms with Gasteiger partial charge in [-0.15, -0.1) is 0 Å². The maximum atomic E-state index is 10.6. The summed E-state index contributed by atoms with van der Waals surface area (Å²) in [6.07, 6.45) is 2.25. The maximum absolute atomic E-state index is 10.6. The molecule has 0 aromatic carbocycles. The number of carboxylic acids is 1. The van der Waals surface area contributed by atoms with E-state index in [1.807, 2.05) is 13.0 Å². The zero-order chi connectivity index (χ0) is 9.14. The van der Waals surface area contributed by atoms with Crippen molar-refractivity contribution in [2.75, 3.05) is 0 Å². The summed E-state index contributed by atoms with van der Waals surface area (Å²) in [6, 6.07) is 1.81. The van der Waals surface area contributed by atoms with Crippen LogP contribution in [0.2, 0.25) is 0 Å². The Bertz CT molecular complexity index is 307. The average Bonchev–Trinajstić information content (AvgIpc) is 2.03. The van der Waals surface area contributed by atoms with Crippen LogP contribution in [-0.4, -0.2) is 16.1 Å². The van der Waals surface area contributed by atoms with Crippen LogP contribution in [0.15, 0.2) is 12.3 Å². The van der Waals surface area contributed by atoms with Gasteiger partial charge < -0.3 is 5.11 Å². The van der Waals surface area contributed by atoms with Crippen molar-refractivity contribution in [3.05, 3.63) is 29.1 Å². The van der Waals surface area contributed by atoms with Gasteiger partial charge in [-0.1, -0.05) is 6.92 Å². The molecule has 0 spiro atoms. The highest BCUT2D eigenvalue weighted by Crippen LogP contribution is 2.08. The summed E-state index contributed by atoms with van der Waals surface area (Å²) in [6.45, 7) is 3.77. The minimum Gasteiger partial charge on any atom is -0.478 e. The molecule has 0 aliphatic rings. The smallest absolute Gasteiger partial charge is 0.337 e. The molecule has 1 aromatic rings. The molecule has 1 heterocycles. The molecular formula is C9H11NO2. The van der Waals surface area contributed by atoms with Crippen LogP contribution in [0, 0.1) is 6.92 Å². The Kier molecular flexibility index (Phi) is 2.43. The summed E-state index contributed by atoms with van der Waals surface area (Å²) < 4.78 is 0. The SMILES string of the molecule is CCc1cc(C)c(C(=O)O)cn1.